The molecule has 0 spiro atoms. The molecular weight excluding hydrogens is 248 g/mol. The van der Waals surface area contributed by atoms with E-state index in [9.17, 15) is 9.59 Å². The minimum atomic E-state index is -0.455. The number of carbonyl (C=O) groups excluding carboxylic acids is 2. The second-order valence-electron chi connectivity index (χ2n) is 2.96. The topological polar surface area (TPSA) is 72.8 Å². The van der Waals surface area contributed by atoms with E-state index in [0.29, 0.717) is 12.2 Å². The first-order chi connectivity index (χ1) is 9.06. The van der Waals surface area contributed by atoms with Gasteiger partial charge in [0.2, 0.25) is 6.79 Å². The number of benzene rings is 1. The number of phenols is 1. The Kier molecular flexibility index (Phi) is 14.2. The van der Waals surface area contributed by atoms with Gasteiger partial charge < -0.3 is 14.6 Å². The Balaban J connectivity index is 0. The molecule has 5 nitrogen and oxygen atoms in total. The highest BCUT2D eigenvalue weighted by atomic mass is 16.7. The molecule has 0 bridgehead atoms. The number of esters is 2. The third-order valence-corrected chi connectivity index (χ3v) is 1.53. The summed E-state index contributed by atoms with van der Waals surface area (Å²) in [5, 5.41) is 8.63. The lowest BCUT2D eigenvalue weighted by atomic mass is 10.3. The van der Waals surface area contributed by atoms with Crippen LogP contribution in [-0.4, -0.2) is 23.8 Å². The molecule has 0 saturated heterocycles. The maximum absolute atomic E-state index is 10.4. The van der Waals surface area contributed by atoms with Crippen molar-refractivity contribution in [2.45, 2.75) is 34.1 Å². The number of hydrogen-bond donors (Lipinski definition) is 1. The molecule has 0 heterocycles. The van der Waals surface area contributed by atoms with E-state index >= 15 is 0 Å². The Hall–Kier alpha value is -2.04. The zero-order valence-corrected chi connectivity index (χ0v) is 11.9. The van der Waals surface area contributed by atoms with Gasteiger partial charge in [0.25, 0.3) is 0 Å². The number of carbonyl (C=O) groups is 2. The molecule has 0 unspecified atom stereocenters. The average molecular weight is 270 g/mol. The van der Waals surface area contributed by atoms with E-state index in [4.69, 9.17) is 5.11 Å². The van der Waals surface area contributed by atoms with Gasteiger partial charge in [-0.15, -0.1) is 0 Å². The van der Waals surface area contributed by atoms with Crippen molar-refractivity contribution in [3.63, 3.8) is 0 Å². The molecule has 0 amide bonds. The van der Waals surface area contributed by atoms with Crippen molar-refractivity contribution in [2.24, 2.45) is 0 Å². The first kappa shape index (κ1) is 19.3. The van der Waals surface area contributed by atoms with Crippen LogP contribution in [0.4, 0.5) is 0 Å². The summed E-state index contributed by atoms with van der Waals surface area (Å²) < 4.78 is 8.75. The van der Waals surface area contributed by atoms with Gasteiger partial charge in [-0.1, -0.05) is 39.0 Å². The number of phenolic OH excluding ortho intramolecular Hbond substituents is 1. The van der Waals surface area contributed by atoms with Crippen LogP contribution in [-0.2, 0) is 19.1 Å². The third kappa shape index (κ3) is 16.0. The molecule has 0 radical (unpaired) electrons. The summed E-state index contributed by atoms with van der Waals surface area (Å²) in [6.45, 7) is 6.64. The van der Waals surface area contributed by atoms with Crippen molar-refractivity contribution in [1.29, 1.82) is 0 Å². The molecule has 5 heteroatoms. The summed E-state index contributed by atoms with van der Waals surface area (Å²) in [5.74, 6) is -0.507. The molecule has 1 rings (SSSR count). The monoisotopic (exact) mass is 270 g/mol. The molecule has 108 valence electrons. The Morgan fingerprint density at radius 3 is 1.95 bits per heavy atom. The SMILES string of the molecule is CC.CCC(=O)OCOC(C)=O.Oc1ccccc1. The van der Waals surface area contributed by atoms with Gasteiger partial charge in [0, 0.05) is 13.3 Å². The van der Waals surface area contributed by atoms with Gasteiger partial charge in [-0.05, 0) is 12.1 Å². The fourth-order valence-electron chi connectivity index (χ4n) is 0.708. The second-order valence-corrected chi connectivity index (χ2v) is 2.96. The van der Waals surface area contributed by atoms with Gasteiger partial charge in [0.05, 0.1) is 0 Å². The average Bonchev–Trinajstić information content (AvgIpc) is 2.42. The van der Waals surface area contributed by atoms with E-state index in [-0.39, 0.29) is 12.8 Å². The van der Waals surface area contributed by atoms with Gasteiger partial charge in [-0.3, -0.25) is 9.59 Å². The molecule has 0 fully saturated rings. The fraction of sp³-hybridized carbons (Fsp3) is 0.429. The molecule has 1 aromatic carbocycles. The molecular formula is C14H22O5. The number of hydrogen-bond acceptors (Lipinski definition) is 5. The number of rotatable bonds is 3. The largest absolute Gasteiger partial charge is 0.508 e. The minimum absolute atomic E-state index is 0.276. The zero-order valence-electron chi connectivity index (χ0n) is 11.9. The molecule has 0 aromatic heterocycles. The maximum atomic E-state index is 10.4. The molecule has 1 N–H and O–H groups in total. The van der Waals surface area contributed by atoms with Crippen LogP contribution in [0.2, 0.25) is 0 Å². The number of para-hydroxylation sites is 1. The van der Waals surface area contributed by atoms with Crippen LogP contribution in [0.15, 0.2) is 30.3 Å². The summed E-state index contributed by atoms with van der Waals surface area (Å²) in [6, 6.07) is 8.71. The van der Waals surface area contributed by atoms with E-state index in [0.717, 1.165) is 0 Å². The second kappa shape index (κ2) is 14.0. The van der Waals surface area contributed by atoms with Crippen LogP contribution >= 0.6 is 0 Å². The molecule has 0 aliphatic heterocycles. The summed E-state index contributed by atoms with van der Waals surface area (Å²) in [5.41, 5.74) is 0. The summed E-state index contributed by atoms with van der Waals surface area (Å²) in [7, 11) is 0. The third-order valence-electron chi connectivity index (χ3n) is 1.53. The van der Waals surface area contributed by atoms with Crippen LogP contribution in [0.5, 0.6) is 5.75 Å². The van der Waals surface area contributed by atoms with Crippen molar-refractivity contribution < 1.29 is 24.2 Å². The maximum Gasteiger partial charge on any atom is 0.308 e. The van der Waals surface area contributed by atoms with Gasteiger partial charge >= 0.3 is 11.9 Å². The van der Waals surface area contributed by atoms with Crippen molar-refractivity contribution in [1.82, 2.24) is 0 Å². The van der Waals surface area contributed by atoms with E-state index in [1.165, 1.54) is 6.92 Å². The first-order valence-corrected chi connectivity index (χ1v) is 6.09. The zero-order chi connectivity index (χ0) is 15.1. The lowest BCUT2D eigenvalue weighted by molar-refractivity contribution is -0.165. The Morgan fingerprint density at radius 2 is 1.63 bits per heavy atom. The van der Waals surface area contributed by atoms with Crippen LogP contribution in [0.3, 0.4) is 0 Å². The summed E-state index contributed by atoms with van der Waals surface area (Å²) >= 11 is 0. The standard InChI is InChI=1S/C6H10O4.C6H6O.C2H6/c1-3-6(8)10-4-9-5(2)7;7-6-4-2-1-3-5-6;1-2/h3-4H2,1-2H3;1-5,7H;1-2H3. The predicted molar refractivity (Wildman–Crippen MR) is 72.5 cm³/mol. The summed E-state index contributed by atoms with van der Waals surface area (Å²) in [6.07, 6.45) is 0.293. The molecule has 0 atom stereocenters. The molecule has 0 saturated carbocycles. The predicted octanol–water partition coefficient (Wildman–Crippen LogP) is 2.88. The Bertz CT molecular complexity index is 335. The Labute approximate surface area is 114 Å². The highest BCUT2D eigenvalue weighted by Crippen LogP contribution is 2.02. The van der Waals surface area contributed by atoms with Gasteiger partial charge in [0.15, 0.2) is 0 Å². The van der Waals surface area contributed by atoms with Crippen LogP contribution in [0, 0.1) is 0 Å². The van der Waals surface area contributed by atoms with Crippen LogP contribution in [0.25, 0.3) is 0 Å². The van der Waals surface area contributed by atoms with E-state index in [2.05, 4.69) is 9.47 Å². The molecule has 1 aromatic rings. The fourth-order valence-corrected chi connectivity index (χ4v) is 0.708. The van der Waals surface area contributed by atoms with Crippen LogP contribution < -0.4 is 0 Å². The van der Waals surface area contributed by atoms with Gasteiger partial charge in [-0.25, -0.2) is 0 Å². The lowest BCUT2D eigenvalue weighted by Gasteiger charge is -2.01. The highest BCUT2D eigenvalue weighted by Gasteiger charge is 1.97. The van der Waals surface area contributed by atoms with Crippen molar-refractivity contribution in [3.05, 3.63) is 30.3 Å². The minimum Gasteiger partial charge on any atom is -0.508 e. The number of ether oxygens (including phenoxy) is 2. The number of aromatic hydroxyl groups is 1. The normalized spacial score (nSPS) is 8.00. The van der Waals surface area contributed by atoms with E-state index in [1.807, 2.05) is 19.9 Å². The van der Waals surface area contributed by atoms with Crippen molar-refractivity contribution in [2.75, 3.05) is 6.79 Å². The highest BCUT2D eigenvalue weighted by molar-refractivity contribution is 5.69. The molecule has 0 aliphatic rings. The molecule has 19 heavy (non-hydrogen) atoms. The van der Waals surface area contributed by atoms with Gasteiger partial charge in [-0.2, -0.15) is 0 Å². The molecule has 0 aliphatic carbocycles. The van der Waals surface area contributed by atoms with Gasteiger partial charge in [0.1, 0.15) is 5.75 Å². The van der Waals surface area contributed by atoms with E-state index < -0.39 is 5.97 Å². The quantitative estimate of drug-likeness (QED) is 0.675. The lowest BCUT2D eigenvalue weighted by Crippen LogP contribution is -2.09. The summed E-state index contributed by atoms with van der Waals surface area (Å²) in [4.78, 5) is 20.5. The smallest absolute Gasteiger partial charge is 0.308 e. The first-order valence-electron chi connectivity index (χ1n) is 6.09. The van der Waals surface area contributed by atoms with Crippen LogP contribution in [0.1, 0.15) is 34.1 Å². The van der Waals surface area contributed by atoms with Crippen molar-refractivity contribution in [3.8, 4) is 5.75 Å². The van der Waals surface area contributed by atoms with E-state index in [1.54, 1.807) is 31.2 Å². The van der Waals surface area contributed by atoms with Crippen molar-refractivity contribution >= 4 is 11.9 Å². The Morgan fingerprint density at radius 1 is 1.11 bits per heavy atom.